The molecule has 144 valence electrons. The first-order valence-corrected chi connectivity index (χ1v) is 10.0. The van der Waals surface area contributed by atoms with Crippen LogP contribution < -0.4 is 0 Å². The number of aryl methyl sites for hydroxylation is 2. The second-order valence-corrected chi connectivity index (χ2v) is 8.27. The van der Waals surface area contributed by atoms with Gasteiger partial charge in [-0.1, -0.05) is 49.7 Å². The highest BCUT2D eigenvalue weighted by Crippen LogP contribution is 2.30. The molecular formula is C24H31NO2. The molecule has 1 N–H and O–H groups in total. The summed E-state index contributed by atoms with van der Waals surface area (Å²) in [5.41, 5.74) is 5.45. The average Bonchev–Trinajstić information content (AvgIpc) is 2.64. The van der Waals surface area contributed by atoms with Crippen molar-refractivity contribution in [3.05, 3.63) is 64.2 Å². The Labute approximate surface area is 163 Å². The molecule has 0 radical (unpaired) electrons. The zero-order valence-electron chi connectivity index (χ0n) is 17.0. The third-order valence-electron chi connectivity index (χ3n) is 5.78. The van der Waals surface area contributed by atoms with Crippen molar-refractivity contribution in [3.8, 4) is 5.75 Å². The SMILES string of the molecule is Cc1ccc(C(=O)C2CCN(Cc3cc(C(C)C)c(C)cc3O)CC2)cc1. The first-order valence-electron chi connectivity index (χ1n) is 10.0. The number of benzene rings is 2. The Kier molecular flexibility index (Phi) is 6.01. The normalized spacial score (nSPS) is 16.0. The molecule has 3 nitrogen and oxygen atoms in total. The van der Waals surface area contributed by atoms with Crippen LogP contribution in [-0.4, -0.2) is 28.9 Å². The lowest BCUT2D eigenvalue weighted by Crippen LogP contribution is -2.36. The van der Waals surface area contributed by atoms with Gasteiger partial charge < -0.3 is 5.11 Å². The van der Waals surface area contributed by atoms with Crippen LogP contribution in [0.1, 0.15) is 65.2 Å². The number of Topliss-reactive ketones (excluding diaryl/α,β-unsaturated/α-hetero) is 1. The smallest absolute Gasteiger partial charge is 0.166 e. The number of phenolic OH excluding ortho intramolecular Hbond substituents is 1. The predicted molar refractivity (Wildman–Crippen MR) is 110 cm³/mol. The maximum atomic E-state index is 12.7. The lowest BCUT2D eigenvalue weighted by atomic mass is 9.88. The molecule has 0 aliphatic carbocycles. The number of aromatic hydroxyl groups is 1. The number of nitrogens with zero attached hydrogens (tertiary/aromatic N) is 1. The summed E-state index contributed by atoms with van der Waals surface area (Å²) in [5.74, 6) is 1.22. The molecule has 0 aromatic heterocycles. The minimum atomic E-state index is 0.113. The number of likely N-dealkylation sites (tertiary alicyclic amines) is 1. The standard InChI is InChI=1S/C24H31NO2/c1-16(2)22-14-21(23(26)13-18(22)4)15-25-11-9-20(10-12-25)24(27)19-7-5-17(3)6-8-19/h5-8,13-14,16,20,26H,9-12,15H2,1-4H3. The summed E-state index contributed by atoms with van der Waals surface area (Å²) < 4.78 is 0. The molecule has 27 heavy (non-hydrogen) atoms. The number of carbonyl (C=O) groups is 1. The number of hydrogen-bond donors (Lipinski definition) is 1. The molecule has 1 aliphatic rings. The van der Waals surface area contributed by atoms with E-state index in [1.807, 2.05) is 37.3 Å². The highest BCUT2D eigenvalue weighted by atomic mass is 16.3. The summed E-state index contributed by atoms with van der Waals surface area (Å²) >= 11 is 0. The second kappa shape index (κ2) is 8.26. The van der Waals surface area contributed by atoms with Crippen LogP contribution in [-0.2, 0) is 6.54 Å². The molecule has 1 saturated heterocycles. The maximum absolute atomic E-state index is 12.7. The molecule has 0 saturated carbocycles. The lowest BCUT2D eigenvalue weighted by molar-refractivity contribution is 0.0834. The van der Waals surface area contributed by atoms with Gasteiger partial charge in [0, 0.05) is 23.6 Å². The van der Waals surface area contributed by atoms with Crippen LogP contribution in [0.5, 0.6) is 5.75 Å². The Bertz CT molecular complexity index is 800. The second-order valence-electron chi connectivity index (χ2n) is 8.27. The fraction of sp³-hybridized carbons (Fsp3) is 0.458. The maximum Gasteiger partial charge on any atom is 0.166 e. The Hall–Kier alpha value is -2.13. The zero-order chi connectivity index (χ0) is 19.6. The summed E-state index contributed by atoms with van der Waals surface area (Å²) in [5, 5.41) is 10.4. The van der Waals surface area contributed by atoms with Crippen LogP contribution in [0.3, 0.4) is 0 Å². The molecule has 3 heteroatoms. The van der Waals surface area contributed by atoms with Crippen molar-refractivity contribution in [1.29, 1.82) is 0 Å². The summed E-state index contributed by atoms with van der Waals surface area (Å²) in [4.78, 5) is 15.1. The summed E-state index contributed by atoms with van der Waals surface area (Å²) in [6.07, 6.45) is 1.77. The molecule has 0 amide bonds. The van der Waals surface area contributed by atoms with Crippen molar-refractivity contribution in [1.82, 2.24) is 4.90 Å². The molecule has 0 atom stereocenters. The van der Waals surface area contributed by atoms with Crippen LogP contribution in [0.25, 0.3) is 0 Å². The molecule has 1 aliphatic heterocycles. The monoisotopic (exact) mass is 365 g/mol. The first-order chi connectivity index (χ1) is 12.8. The fourth-order valence-corrected chi connectivity index (χ4v) is 4.05. The van der Waals surface area contributed by atoms with Crippen LogP contribution >= 0.6 is 0 Å². The van der Waals surface area contributed by atoms with Crippen LogP contribution in [0, 0.1) is 19.8 Å². The van der Waals surface area contributed by atoms with Crippen molar-refractivity contribution in [3.63, 3.8) is 0 Å². The van der Waals surface area contributed by atoms with E-state index in [1.165, 1.54) is 11.1 Å². The van der Waals surface area contributed by atoms with E-state index in [4.69, 9.17) is 0 Å². The van der Waals surface area contributed by atoms with Gasteiger partial charge in [0.2, 0.25) is 0 Å². The highest BCUT2D eigenvalue weighted by molar-refractivity contribution is 5.97. The fourth-order valence-electron chi connectivity index (χ4n) is 4.05. The number of carbonyl (C=O) groups excluding carboxylic acids is 1. The molecular weight excluding hydrogens is 334 g/mol. The lowest BCUT2D eigenvalue weighted by Gasteiger charge is -2.31. The summed E-state index contributed by atoms with van der Waals surface area (Å²) in [7, 11) is 0. The highest BCUT2D eigenvalue weighted by Gasteiger charge is 2.26. The predicted octanol–water partition coefficient (Wildman–Crippen LogP) is 5.23. The van der Waals surface area contributed by atoms with Gasteiger partial charge in [-0.05, 0) is 62.9 Å². The van der Waals surface area contributed by atoms with Gasteiger partial charge in [0.15, 0.2) is 5.78 Å². The third-order valence-corrected chi connectivity index (χ3v) is 5.78. The molecule has 0 spiro atoms. The number of ketones is 1. The minimum Gasteiger partial charge on any atom is -0.508 e. The van der Waals surface area contributed by atoms with Gasteiger partial charge in [-0.2, -0.15) is 0 Å². The van der Waals surface area contributed by atoms with Crippen LogP contribution in [0.2, 0.25) is 0 Å². The van der Waals surface area contributed by atoms with Gasteiger partial charge >= 0.3 is 0 Å². The Balaban J connectivity index is 1.62. The molecule has 0 unspecified atom stereocenters. The van der Waals surface area contributed by atoms with E-state index in [0.717, 1.165) is 49.2 Å². The third kappa shape index (κ3) is 4.59. The molecule has 2 aromatic carbocycles. The van der Waals surface area contributed by atoms with Gasteiger partial charge in [0.1, 0.15) is 5.75 Å². The van der Waals surface area contributed by atoms with E-state index in [1.54, 1.807) is 0 Å². The van der Waals surface area contributed by atoms with E-state index in [9.17, 15) is 9.90 Å². The topological polar surface area (TPSA) is 40.5 Å². The van der Waals surface area contributed by atoms with Crippen molar-refractivity contribution < 1.29 is 9.90 Å². The van der Waals surface area contributed by atoms with Crippen LogP contribution in [0.15, 0.2) is 36.4 Å². The Morgan fingerprint density at radius 1 is 1.11 bits per heavy atom. The van der Waals surface area contributed by atoms with Crippen molar-refractivity contribution in [2.75, 3.05) is 13.1 Å². The summed E-state index contributed by atoms with van der Waals surface area (Å²) in [6.45, 7) is 11.0. The zero-order valence-corrected chi connectivity index (χ0v) is 17.0. The van der Waals surface area contributed by atoms with Crippen molar-refractivity contribution in [2.45, 2.75) is 53.0 Å². The van der Waals surface area contributed by atoms with Gasteiger partial charge in [-0.25, -0.2) is 0 Å². The molecule has 1 fully saturated rings. The number of piperidine rings is 1. The average molecular weight is 366 g/mol. The number of phenols is 1. The van der Waals surface area contributed by atoms with Gasteiger partial charge in [0.05, 0.1) is 0 Å². The van der Waals surface area contributed by atoms with Gasteiger partial charge in [-0.3, -0.25) is 9.69 Å². The van der Waals surface area contributed by atoms with Gasteiger partial charge in [0.25, 0.3) is 0 Å². The van der Waals surface area contributed by atoms with E-state index in [2.05, 4.69) is 31.7 Å². The number of rotatable bonds is 5. The first kappa shape index (κ1) is 19.6. The molecule has 0 bridgehead atoms. The largest absolute Gasteiger partial charge is 0.508 e. The Morgan fingerprint density at radius 2 is 1.74 bits per heavy atom. The Morgan fingerprint density at radius 3 is 2.33 bits per heavy atom. The van der Waals surface area contributed by atoms with E-state index < -0.39 is 0 Å². The van der Waals surface area contributed by atoms with E-state index in [0.29, 0.717) is 11.7 Å². The van der Waals surface area contributed by atoms with Crippen LogP contribution in [0.4, 0.5) is 0 Å². The van der Waals surface area contributed by atoms with Crippen molar-refractivity contribution >= 4 is 5.78 Å². The molecule has 1 heterocycles. The summed E-state index contributed by atoms with van der Waals surface area (Å²) in [6, 6.07) is 11.9. The van der Waals surface area contributed by atoms with E-state index in [-0.39, 0.29) is 11.7 Å². The molecule has 3 rings (SSSR count). The van der Waals surface area contributed by atoms with Gasteiger partial charge in [-0.15, -0.1) is 0 Å². The minimum absolute atomic E-state index is 0.113. The number of hydrogen-bond acceptors (Lipinski definition) is 3. The molecule has 2 aromatic rings. The van der Waals surface area contributed by atoms with Crippen molar-refractivity contribution in [2.24, 2.45) is 5.92 Å². The quantitative estimate of drug-likeness (QED) is 0.738. The van der Waals surface area contributed by atoms with E-state index >= 15 is 0 Å².